The molecule has 0 aromatic carbocycles. The highest BCUT2D eigenvalue weighted by Gasteiger charge is 2.28. The monoisotopic (exact) mass is 305 g/mol. The molecular formula is C12H23N3O4S. The number of sulfone groups is 1. The molecule has 116 valence electrons. The largest absolute Gasteiger partial charge is 0.369 e. The van der Waals surface area contributed by atoms with E-state index in [9.17, 15) is 18.0 Å². The molecule has 0 aromatic rings. The van der Waals surface area contributed by atoms with Gasteiger partial charge in [0, 0.05) is 12.6 Å². The zero-order chi connectivity index (χ0) is 15.3. The van der Waals surface area contributed by atoms with Crippen molar-refractivity contribution in [1.29, 1.82) is 0 Å². The Bertz CT molecular complexity index is 461. The minimum Gasteiger partial charge on any atom is -0.369 e. The topological polar surface area (TPSA) is 110 Å². The maximum atomic E-state index is 11.8. The zero-order valence-electron chi connectivity index (χ0n) is 12.0. The van der Waals surface area contributed by atoms with E-state index in [2.05, 4.69) is 5.32 Å². The molecule has 1 unspecified atom stereocenters. The number of hydrogen-bond acceptors (Lipinski definition) is 5. The van der Waals surface area contributed by atoms with Crippen LogP contribution in [0.15, 0.2) is 0 Å². The maximum absolute atomic E-state index is 11.8. The second kappa shape index (κ2) is 7.03. The summed E-state index contributed by atoms with van der Waals surface area (Å²) in [6.45, 7) is 4.23. The highest BCUT2D eigenvalue weighted by Crippen LogP contribution is 2.17. The number of nitrogens with zero attached hydrogens (tertiary/aromatic N) is 1. The quantitative estimate of drug-likeness (QED) is 0.609. The van der Waals surface area contributed by atoms with Crippen LogP contribution in [-0.2, 0) is 19.4 Å². The van der Waals surface area contributed by atoms with Crippen molar-refractivity contribution in [3.05, 3.63) is 0 Å². The van der Waals surface area contributed by atoms with Gasteiger partial charge in [0.25, 0.3) is 0 Å². The van der Waals surface area contributed by atoms with Crippen LogP contribution < -0.4 is 11.1 Å². The van der Waals surface area contributed by atoms with Crippen molar-refractivity contribution in [2.75, 3.05) is 31.1 Å². The van der Waals surface area contributed by atoms with Gasteiger partial charge in [-0.05, 0) is 26.2 Å². The highest BCUT2D eigenvalue weighted by atomic mass is 32.2. The zero-order valence-corrected chi connectivity index (χ0v) is 12.8. The Hall–Kier alpha value is -1.15. The number of carbonyl (C=O) groups excluding carboxylic acids is 2. The third-order valence-corrected chi connectivity index (χ3v) is 5.19. The summed E-state index contributed by atoms with van der Waals surface area (Å²) >= 11 is 0. The Balaban J connectivity index is 2.37. The highest BCUT2D eigenvalue weighted by molar-refractivity contribution is 7.91. The maximum Gasteiger partial charge on any atom is 0.234 e. The molecule has 2 amide bonds. The van der Waals surface area contributed by atoms with Crippen LogP contribution in [0.4, 0.5) is 0 Å². The molecule has 0 radical (unpaired) electrons. The number of nitrogens with two attached hydrogens (primary N) is 1. The molecule has 1 atom stereocenters. The van der Waals surface area contributed by atoms with E-state index < -0.39 is 15.7 Å². The lowest BCUT2D eigenvalue weighted by Gasteiger charge is -2.24. The number of amides is 2. The fourth-order valence-electron chi connectivity index (χ4n) is 2.15. The van der Waals surface area contributed by atoms with E-state index in [0.717, 1.165) is 0 Å². The lowest BCUT2D eigenvalue weighted by molar-refractivity contribution is -0.124. The average Bonchev–Trinajstić information content (AvgIpc) is 2.65. The van der Waals surface area contributed by atoms with Crippen molar-refractivity contribution in [3.63, 3.8) is 0 Å². The first-order valence-electron chi connectivity index (χ1n) is 6.69. The molecule has 0 aliphatic carbocycles. The van der Waals surface area contributed by atoms with E-state index >= 15 is 0 Å². The van der Waals surface area contributed by atoms with Crippen LogP contribution in [0.3, 0.4) is 0 Å². The van der Waals surface area contributed by atoms with Crippen molar-refractivity contribution >= 4 is 21.7 Å². The Morgan fingerprint density at radius 1 is 1.35 bits per heavy atom. The van der Waals surface area contributed by atoms with Gasteiger partial charge in [-0.15, -0.1) is 0 Å². The van der Waals surface area contributed by atoms with Gasteiger partial charge < -0.3 is 11.1 Å². The molecule has 1 saturated heterocycles. The van der Waals surface area contributed by atoms with Gasteiger partial charge in [-0.2, -0.15) is 0 Å². The molecule has 8 heteroatoms. The van der Waals surface area contributed by atoms with E-state index in [4.69, 9.17) is 5.73 Å². The Morgan fingerprint density at radius 2 is 2.00 bits per heavy atom. The Kier molecular flexibility index (Phi) is 5.94. The number of hydrogen-bond donors (Lipinski definition) is 2. The first kappa shape index (κ1) is 16.9. The minimum atomic E-state index is -2.92. The normalized spacial score (nSPS) is 21.3. The van der Waals surface area contributed by atoms with E-state index in [1.165, 1.54) is 0 Å². The second-order valence-corrected chi connectivity index (χ2v) is 7.77. The van der Waals surface area contributed by atoms with Crippen LogP contribution in [-0.4, -0.2) is 62.3 Å². The van der Waals surface area contributed by atoms with Crippen molar-refractivity contribution in [1.82, 2.24) is 10.2 Å². The lowest BCUT2D eigenvalue weighted by atomic mass is 10.1. The number of rotatable bonds is 7. The smallest absolute Gasteiger partial charge is 0.234 e. The Morgan fingerprint density at radius 3 is 2.45 bits per heavy atom. The summed E-state index contributed by atoms with van der Waals surface area (Å²) in [7, 11) is -2.92. The number of nitrogens with one attached hydrogen (secondary N) is 1. The summed E-state index contributed by atoms with van der Waals surface area (Å²) in [5, 5.41) is 2.72. The standard InChI is InChI=1S/C12H23N3O4S/c1-9(2)15(6-11(13)16)7-12(17)14-5-10-3-4-20(18,19)8-10/h9-10H,3-8H2,1-2H3,(H2,13,16)(H,14,17). The summed E-state index contributed by atoms with van der Waals surface area (Å²) in [4.78, 5) is 24.4. The van der Waals surface area contributed by atoms with E-state index in [1.54, 1.807) is 4.90 Å². The Labute approximate surface area is 119 Å². The van der Waals surface area contributed by atoms with Gasteiger partial charge in [-0.3, -0.25) is 14.5 Å². The van der Waals surface area contributed by atoms with E-state index in [0.29, 0.717) is 13.0 Å². The SMILES string of the molecule is CC(C)N(CC(N)=O)CC(=O)NCC1CCS(=O)(=O)C1. The van der Waals surface area contributed by atoms with Gasteiger partial charge >= 0.3 is 0 Å². The molecule has 1 aliphatic rings. The van der Waals surface area contributed by atoms with Crippen molar-refractivity contribution in [3.8, 4) is 0 Å². The summed E-state index contributed by atoms with van der Waals surface area (Å²) in [6, 6.07) is 0.0279. The summed E-state index contributed by atoms with van der Waals surface area (Å²) in [5.41, 5.74) is 5.13. The molecule has 1 rings (SSSR count). The molecule has 0 bridgehead atoms. The van der Waals surface area contributed by atoms with Crippen molar-refractivity contribution < 1.29 is 18.0 Å². The third-order valence-electron chi connectivity index (χ3n) is 3.35. The van der Waals surface area contributed by atoms with E-state index in [-0.39, 0.29) is 42.5 Å². The van der Waals surface area contributed by atoms with Crippen molar-refractivity contribution in [2.45, 2.75) is 26.3 Å². The van der Waals surface area contributed by atoms with Gasteiger partial charge in [-0.1, -0.05) is 0 Å². The first-order chi connectivity index (χ1) is 9.19. The van der Waals surface area contributed by atoms with Crippen LogP contribution in [0.25, 0.3) is 0 Å². The van der Waals surface area contributed by atoms with Crippen LogP contribution in [0.1, 0.15) is 20.3 Å². The molecule has 7 nitrogen and oxygen atoms in total. The molecule has 1 fully saturated rings. The molecule has 1 heterocycles. The van der Waals surface area contributed by atoms with Gasteiger partial charge in [0.2, 0.25) is 11.8 Å². The average molecular weight is 305 g/mol. The van der Waals surface area contributed by atoms with Crippen LogP contribution >= 0.6 is 0 Å². The van der Waals surface area contributed by atoms with Gasteiger partial charge in [-0.25, -0.2) is 8.42 Å². The predicted octanol–water partition coefficient (Wildman–Crippen LogP) is -1.27. The first-order valence-corrected chi connectivity index (χ1v) is 8.51. The molecule has 20 heavy (non-hydrogen) atoms. The summed E-state index contributed by atoms with van der Waals surface area (Å²) in [6.07, 6.45) is 0.595. The van der Waals surface area contributed by atoms with Crippen molar-refractivity contribution in [2.24, 2.45) is 11.7 Å². The summed E-state index contributed by atoms with van der Waals surface area (Å²) < 4.78 is 22.6. The van der Waals surface area contributed by atoms with Gasteiger partial charge in [0.05, 0.1) is 24.6 Å². The van der Waals surface area contributed by atoms with E-state index in [1.807, 2.05) is 13.8 Å². The molecular weight excluding hydrogens is 282 g/mol. The van der Waals surface area contributed by atoms with Gasteiger partial charge in [0.15, 0.2) is 9.84 Å². The van der Waals surface area contributed by atoms with Crippen LogP contribution in [0.2, 0.25) is 0 Å². The third kappa shape index (κ3) is 5.87. The molecule has 0 saturated carbocycles. The predicted molar refractivity (Wildman–Crippen MR) is 75.7 cm³/mol. The van der Waals surface area contributed by atoms with Crippen LogP contribution in [0.5, 0.6) is 0 Å². The molecule has 1 aliphatic heterocycles. The lowest BCUT2D eigenvalue weighted by Crippen LogP contribution is -2.45. The second-order valence-electron chi connectivity index (χ2n) is 5.54. The van der Waals surface area contributed by atoms with Crippen LogP contribution in [0, 0.1) is 5.92 Å². The fraction of sp³-hybridized carbons (Fsp3) is 0.833. The molecule has 3 N–H and O–H groups in total. The number of primary amides is 1. The molecule has 0 aromatic heterocycles. The molecule has 0 spiro atoms. The van der Waals surface area contributed by atoms with Gasteiger partial charge in [0.1, 0.15) is 0 Å². The number of carbonyl (C=O) groups is 2. The fourth-order valence-corrected chi connectivity index (χ4v) is 4.01. The minimum absolute atomic E-state index is 0.00686. The summed E-state index contributed by atoms with van der Waals surface area (Å²) in [5.74, 6) is -0.360.